The van der Waals surface area contributed by atoms with Gasteiger partial charge in [0.25, 0.3) is 0 Å². The number of nitrogens with one attached hydrogen (secondary N) is 1. The van der Waals surface area contributed by atoms with E-state index in [1.54, 1.807) is 26.2 Å². The first kappa shape index (κ1) is 20.7. The normalized spacial score (nSPS) is 19.4. The summed E-state index contributed by atoms with van der Waals surface area (Å²) < 4.78 is 21.3. The topological polar surface area (TPSA) is 95.5 Å². The summed E-state index contributed by atoms with van der Waals surface area (Å²) in [6.45, 7) is 2.21. The van der Waals surface area contributed by atoms with Crippen LogP contribution in [0.3, 0.4) is 0 Å². The molecule has 0 aromatic heterocycles. The highest BCUT2D eigenvalue weighted by Gasteiger charge is 2.39. The maximum atomic E-state index is 12.9. The number of ether oxygens (including phenoxy) is 4. The fraction of sp³-hybridized carbons (Fsp3) is 0.348. The number of aryl methyl sites for hydroxylation is 1. The van der Waals surface area contributed by atoms with Crippen LogP contribution in [0.2, 0.25) is 0 Å². The van der Waals surface area contributed by atoms with Crippen molar-refractivity contribution in [1.82, 2.24) is 5.32 Å². The van der Waals surface area contributed by atoms with Crippen molar-refractivity contribution in [2.75, 3.05) is 20.5 Å². The zero-order valence-electron chi connectivity index (χ0n) is 17.4. The van der Waals surface area contributed by atoms with E-state index < -0.39 is 24.0 Å². The smallest absolute Gasteiger partial charge is 0.341 e. The van der Waals surface area contributed by atoms with E-state index >= 15 is 0 Å². The van der Waals surface area contributed by atoms with Gasteiger partial charge in [-0.25, -0.2) is 9.79 Å². The lowest BCUT2D eigenvalue weighted by Gasteiger charge is -2.31. The Bertz CT molecular complexity index is 1000. The zero-order chi connectivity index (χ0) is 21.8. The first-order valence-electron chi connectivity index (χ1n) is 10.2. The third-order valence-corrected chi connectivity index (χ3v) is 5.34. The SMILES string of the molecule is CCOC(=O)C1C(CCc2ccc3c(c2)OCO3)=NC(=O)NC1c1ccc(OC)cc1. The Hall–Kier alpha value is -3.55. The number of fused-ring (bicyclic) bond motifs is 1. The third-order valence-electron chi connectivity index (χ3n) is 5.34. The van der Waals surface area contributed by atoms with E-state index in [2.05, 4.69) is 10.3 Å². The Morgan fingerprint density at radius 3 is 2.65 bits per heavy atom. The van der Waals surface area contributed by atoms with Gasteiger partial charge in [-0.15, -0.1) is 0 Å². The number of urea groups is 1. The van der Waals surface area contributed by atoms with Gasteiger partial charge in [-0.2, -0.15) is 0 Å². The summed E-state index contributed by atoms with van der Waals surface area (Å²) in [4.78, 5) is 29.4. The number of aliphatic imine (C=N–C) groups is 1. The van der Waals surface area contributed by atoms with Crippen LogP contribution in [0.15, 0.2) is 47.5 Å². The number of rotatable bonds is 7. The van der Waals surface area contributed by atoms with Crippen LogP contribution in [-0.2, 0) is 16.0 Å². The number of methoxy groups -OCH3 is 1. The minimum atomic E-state index is -0.708. The molecule has 162 valence electrons. The van der Waals surface area contributed by atoms with Gasteiger partial charge in [0.15, 0.2) is 11.5 Å². The molecule has 2 aromatic carbocycles. The van der Waals surface area contributed by atoms with Gasteiger partial charge in [0, 0.05) is 5.71 Å². The van der Waals surface area contributed by atoms with Gasteiger partial charge in [-0.1, -0.05) is 18.2 Å². The molecular weight excluding hydrogens is 400 g/mol. The van der Waals surface area contributed by atoms with Gasteiger partial charge in [-0.3, -0.25) is 4.79 Å². The standard InChI is InChI=1S/C23H24N2O6/c1-3-29-22(26)20-17(10-4-14-5-11-18-19(12-14)31-13-30-18)24-23(27)25-21(20)15-6-8-16(28-2)9-7-15/h5-9,11-12,20-21H,3-4,10,13H2,1-2H3,(H,25,27). The molecule has 0 spiro atoms. The lowest BCUT2D eigenvalue weighted by Crippen LogP contribution is -2.45. The van der Waals surface area contributed by atoms with Gasteiger partial charge >= 0.3 is 12.0 Å². The fourth-order valence-electron chi connectivity index (χ4n) is 3.81. The number of nitrogens with zero attached hydrogens (tertiary/aromatic N) is 1. The highest BCUT2D eigenvalue weighted by atomic mass is 16.7. The van der Waals surface area contributed by atoms with Crippen molar-refractivity contribution in [1.29, 1.82) is 0 Å². The van der Waals surface area contributed by atoms with Crippen molar-refractivity contribution in [3.63, 3.8) is 0 Å². The third kappa shape index (κ3) is 4.47. The maximum absolute atomic E-state index is 12.9. The number of hydrogen-bond donors (Lipinski definition) is 1. The monoisotopic (exact) mass is 424 g/mol. The van der Waals surface area contributed by atoms with Crippen LogP contribution < -0.4 is 19.5 Å². The molecular formula is C23H24N2O6. The second-order valence-corrected chi connectivity index (χ2v) is 7.22. The first-order chi connectivity index (χ1) is 15.1. The molecule has 0 bridgehead atoms. The largest absolute Gasteiger partial charge is 0.497 e. The number of carbonyl (C=O) groups excluding carboxylic acids is 2. The summed E-state index contributed by atoms with van der Waals surface area (Å²) in [6, 6.07) is 11.9. The minimum Gasteiger partial charge on any atom is -0.497 e. The Morgan fingerprint density at radius 1 is 1.13 bits per heavy atom. The summed E-state index contributed by atoms with van der Waals surface area (Å²) in [6.07, 6.45) is 1.02. The van der Waals surface area contributed by atoms with Crippen molar-refractivity contribution < 1.29 is 28.5 Å². The Morgan fingerprint density at radius 2 is 1.90 bits per heavy atom. The summed E-state index contributed by atoms with van der Waals surface area (Å²) in [5.41, 5.74) is 2.28. The predicted molar refractivity (Wildman–Crippen MR) is 113 cm³/mol. The Labute approximate surface area is 180 Å². The van der Waals surface area contributed by atoms with E-state index in [1.165, 1.54) is 0 Å². The van der Waals surface area contributed by atoms with E-state index in [0.29, 0.717) is 35.8 Å². The number of amides is 2. The molecule has 2 atom stereocenters. The zero-order valence-corrected chi connectivity index (χ0v) is 17.4. The van der Waals surface area contributed by atoms with Crippen LogP contribution >= 0.6 is 0 Å². The molecule has 31 heavy (non-hydrogen) atoms. The summed E-state index contributed by atoms with van der Waals surface area (Å²) >= 11 is 0. The van der Waals surface area contributed by atoms with Gasteiger partial charge in [-0.05, 0) is 55.2 Å². The van der Waals surface area contributed by atoms with Gasteiger partial charge in [0.05, 0.1) is 19.8 Å². The van der Waals surface area contributed by atoms with Crippen molar-refractivity contribution in [3.8, 4) is 17.2 Å². The minimum absolute atomic E-state index is 0.208. The van der Waals surface area contributed by atoms with Crippen LogP contribution in [0, 0.1) is 5.92 Å². The molecule has 0 saturated carbocycles. The average Bonchev–Trinajstić information content (AvgIpc) is 3.25. The molecule has 0 saturated heterocycles. The Kier molecular flexibility index (Phi) is 6.06. The molecule has 8 heteroatoms. The molecule has 1 N–H and O–H groups in total. The van der Waals surface area contributed by atoms with Crippen molar-refractivity contribution >= 4 is 17.7 Å². The van der Waals surface area contributed by atoms with Crippen LogP contribution in [0.1, 0.15) is 30.5 Å². The van der Waals surface area contributed by atoms with Crippen LogP contribution in [-0.4, -0.2) is 38.2 Å². The van der Waals surface area contributed by atoms with Crippen molar-refractivity contribution in [2.45, 2.75) is 25.8 Å². The molecule has 2 aliphatic heterocycles. The molecule has 4 rings (SSSR count). The van der Waals surface area contributed by atoms with Gasteiger partial charge in [0.1, 0.15) is 11.7 Å². The number of esters is 1. The maximum Gasteiger partial charge on any atom is 0.341 e. The van der Waals surface area contributed by atoms with Crippen molar-refractivity contribution in [3.05, 3.63) is 53.6 Å². The van der Waals surface area contributed by atoms with E-state index in [0.717, 1.165) is 11.1 Å². The fourth-order valence-corrected chi connectivity index (χ4v) is 3.81. The lowest BCUT2D eigenvalue weighted by atomic mass is 9.85. The molecule has 2 aromatic rings. The highest BCUT2D eigenvalue weighted by Crippen LogP contribution is 2.34. The second-order valence-electron chi connectivity index (χ2n) is 7.22. The Balaban J connectivity index is 1.58. The number of carbonyl (C=O) groups is 2. The molecule has 2 heterocycles. The molecule has 8 nitrogen and oxygen atoms in total. The predicted octanol–water partition coefficient (Wildman–Crippen LogP) is 3.44. The van der Waals surface area contributed by atoms with Crippen molar-refractivity contribution in [2.24, 2.45) is 10.9 Å². The van der Waals surface area contributed by atoms with Gasteiger partial charge in [0.2, 0.25) is 6.79 Å². The quantitative estimate of drug-likeness (QED) is 0.684. The summed E-state index contributed by atoms with van der Waals surface area (Å²) in [5, 5.41) is 2.82. The van der Waals surface area contributed by atoms with Crippen LogP contribution in [0.4, 0.5) is 4.79 Å². The first-order valence-corrected chi connectivity index (χ1v) is 10.2. The summed E-state index contributed by atoms with van der Waals surface area (Å²) in [5.74, 6) is 0.976. The lowest BCUT2D eigenvalue weighted by molar-refractivity contribution is -0.146. The number of benzene rings is 2. The van der Waals surface area contributed by atoms with E-state index in [-0.39, 0.29) is 13.4 Å². The number of hydrogen-bond acceptors (Lipinski definition) is 6. The molecule has 0 radical (unpaired) electrons. The molecule has 2 amide bonds. The van der Waals surface area contributed by atoms with Crippen LogP contribution in [0.5, 0.6) is 17.2 Å². The van der Waals surface area contributed by atoms with E-state index in [1.807, 2.05) is 30.3 Å². The average molecular weight is 424 g/mol. The summed E-state index contributed by atoms with van der Waals surface area (Å²) in [7, 11) is 1.58. The van der Waals surface area contributed by atoms with E-state index in [9.17, 15) is 9.59 Å². The molecule has 0 aliphatic carbocycles. The molecule has 2 unspecified atom stereocenters. The second kappa shape index (κ2) is 9.07. The van der Waals surface area contributed by atoms with Crippen LogP contribution in [0.25, 0.3) is 0 Å². The molecule has 0 fully saturated rings. The van der Waals surface area contributed by atoms with Gasteiger partial charge < -0.3 is 24.3 Å². The molecule has 2 aliphatic rings. The highest BCUT2D eigenvalue weighted by molar-refractivity contribution is 6.09. The van der Waals surface area contributed by atoms with E-state index in [4.69, 9.17) is 18.9 Å².